The summed E-state index contributed by atoms with van der Waals surface area (Å²) in [6, 6.07) is 19.4. The number of carbonyl (C=O) groups excluding carboxylic acids is 1. The molecule has 6 nitrogen and oxygen atoms in total. The maximum atomic E-state index is 13.1. The Morgan fingerprint density at radius 3 is 2.08 bits per heavy atom. The number of carbonyl (C=O) groups is 1. The second-order valence-corrected chi connectivity index (χ2v) is 14.0. The largest absolute Gasteiger partial charge is 0.487 e. The molecule has 1 saturated heterocycles. The second-order valence-electron chi connectivity index (χ2n) is 11.9. The number of sulfone groups is 1. The normalized spacial score (nSPS) is 16.8. The first-order valence-electron chi connectivity index (χ1n) is 13.7. The van der Waals surface area contributed by atoms with Gasteiger partial charge >= 0.3 is 6.09 Å². The van der Waals surface area contributed by atoms with E-state index in [9.17, 15) is 17.6 Å². The van der Waals surface area contributed by atoms with E-state index < -0.39 is 15.4 Å². The molecule has 3 aromatic rings. The molecule has 2 aliphatic rings. The fraction of sp³-hybridized carbons (Fsp3) is 0.406. The molecule has 2 aliphatic heterocycles. The van der Waals surface area contributed by atoms with Crippen LogP contribution in [0.25, 0.3) is 11.1 Å². The van der Waals surface area contributed by atoms with Gasteiger partial charge in [-0.05, 0) is 85.7 Å². The molecule has 0 aromatic heterocycles. The Bertz CT molecular complexity index is 1470. The Morgan fingerprint density at radius 1 is 0.900 bits per heavy atom. The maximum Gasteiger partial charge on any atom is 0.410 e. The van der Waals surface area contributed by atoms with E-state index in [0.717, 1.165) is 48.1 Å². The molecule has 40 heavy (non-hydrogen) atoms. The van der Waals surface area contributed by atoms with Gasteiger partial charge in [0.1, 0.15) is 22.8 Å². The third-order valence-corrected chi connectivity index (χ3v) is 9.08. The van der Waals surface area contributed by atoms with E-state index in [-0.39, 0.29) is 29.0 Å². The lowest BCUT2D eigenvalue weighted by Crippen LogP contribution is -2.52. The van der Waals surface area contributed by atoms with Crippen LogP contribution in [0.4, 0.5) is 9.18 Å². The lowest BCUT2D eigenvalue weighted by atomic mass is 9.82. The number of aryl methyl sites for hydroxylation is 1. The van der Waals surface area contributed by atoms with Crippen molar-refractivity contribution in [2.24, 2.45) is 0 Å². The zero-order valence-electron chi connectivity index (χ0n) is 23.3. The van der Waals surface area contributed by atoms with Crippen LogP contribution < -0.4 is 4.74 Å². The molecule has 0 unspecified atom stereocenters. The number of benzene rings is 3. The summed E-state index contributed by atoms with van der Waals surface area (Å²) in [4.78, 5) is 14.2. The lowest BCUT2D eigenvalue weighted by Gasteiger charge is -2.44. The molecule has 0 radical (unpaired) electrons. The van der Waals surface area contributed by atoms with Crippen LogP contribution in [0.3, 0.4) is 0 Å². The van der Waals surface area contributed by atoms with Gasteiger partial charge in [-0.3, -0.25) is 0 Å². The predicted molar refractivity (Wildman–Crippen MR) is 153 cm³/mol. The summed E-state index contributed by atoms with van der Waals surface area (Å²) in [7, 11) is -3.39. The van der Waals surface area contributed by atoms with Gasteiger partial charge in [0, 0.05) is 25.9 Å². The van der Waals surface area contributed by atoms with Crippen LogP contribution >= 0.6 is 0 Å². The molecule has 5 rings (SSSR count). The lowest BCUT2D eigenvalue weighted by molar-refractivity contribution is -0.0272. The average Bonchev–Trinajstić information content (AvgIpc) is 2.89. The number of likely N-dealkylation sites (tertiary alicyclic amines) is 1. The van der Waals surface area contributed by atoms with Crippen LogP contribution in [-0.4, -0.2) is 43.7 Å². The number of halogens is 1. The van der Waals surface area contributed by atoms with Crippen LogP contribution in [0.2, 0.25) is 0 Å². The predicted octanol–water partition coefficient (Wildman–Crippen LogP) is 6.70. The van der Waals surface area contributed by atoms with Crippen LogP contribution in [0.5, 0.6) is 5.75 Å². The number of piperidine rings is 1. The van der Waals surface area contributed by atoms with Crippen molar-refractivity contribution < 1.29 is 27.1 Å². The van der Waals surface area contributed by atoms with E-state index in [2.05, 4.69) is 6.07 Å². The van der Waals surface area contributed by atoms with Crippen LogP contribution in [-0.2, 0) is 32.5 Å². The Labute approximate surface area is 236 Å². The molecule has 1 fully saturated rings. The number of ether oxygens (including phenoxy) is 2. The molecule has 1 amide bonds. The molecule has 1 spiro atoms. The summed E-state index contributed by atoms with van der Waals surface area (Å²) < 4.78 is 50.5. The first-order chi connectivity index (χ1) is 18.9. The number of hydrogen-bond acceptors (Lipinski definition) is 5. The first-order valence-corrected chi connectivity index (χ1v) is 15.5. The Balaban J connectivity index is 1.20. The van der Waals surface area contributed by atoms with Crippen molar-refractivity contribution in [2.75, 3.05) is 13.1 Å². The zero-order valence-corrected chi connectivity index (χ0v) is 24.1. The average molecular weight is 566 g/mol. The number of hydrogen-bond donors (Lipinski definition) is 0. The third-order valence-electron chi connectivity index (χ3n) is 7.54. The van der Waals surface area contributed by atoms with E-state index in [0.29, 0.717) is 24.2 Å². The quantitative estimate of drug-likeness (QED) is 0.344. The fourth-order valence-corrected chi connectivity index (χ4v) is 6.91. The first kappa shape index (κ1) is 28.1. The monoisotopic (exact) mass is 565 g/mol. The molecule has 212 valence electrons. The zero-order chi connectivity index (χ0) is 28.5. The Morgan fingerprint density at radius 2 is 1.48 bits per heavy atom. The van der Waals surface area contributed by atoms with E-state index in [4.69, 9.17) is 9.47 Å². The summed E-state index contributed by atoms with van der Waals surface area (Å²) in [5.41, 5.74) is 3.74. The molecule has 0 aliphatic carbocycles. The molecule has 0 bridgehead atoms. The molecule has 0 saturated carbocycles. The van der Waals surface area contributed by atoms with E-state index in [1.807, 2.05) is 57.2 Å². The van der Waals surface area contributed by atoms with E-state index >= 15 is 0 Å². The minimum Gasteiger partial charge on any atom is -0.487 e. The number of rotatable bonds is 5. The minimum absolute atomic E-state index is 0.0733. The van der Waals surface area contributed by atoms with E-state index in [1.165, 1.54) is 24.3 Å². The highest BCUT2D eigenvalue weighted by atomic mass is 32.2. The standard InChI is InChI=1S/C32H36FNO5S/c1-31(2,3)39-30(35)34-18-16-32(17-19-34)15-14-27-20-26(10-13-29(27)38-32)25-8-4-23(5-9-25)21-40(36,37)22-24-6-11-28(33)12-7-24/h4-13,20H,14-19,21-22H2,1-3H3. The SMILES string of the molecule is CC(C)(C)OC(=O)N1CCC2(CCc3cc(-c4ccc(CS(=O)(=O)Cc5ccc(F)cc5)cc4)ccc3O2)CC1. The molecular formula is C32H36FNO5S. The van der Waals surface area contributed by atoms with Gasteiger partial charge in [-0.2, -0.15) is 0 Å². The summed E-state index contributed by atoms with van der Waals surface area (Å²) in [6.45, 7) is 6.87. The molecular weight excluding hydrogens is 529 g/mol. The highest BCUT2D eigenvalue weighted by Gasteiger charge is 2.41. The van der Waals surface area contributed by atoms with Crippen molar-refractivity contribution >= 4 is 15.9 Å². The molecule has 0 atom stereocenters. The summed E-state index contributed by atoms with van der Waals surface area (Å²) in [5, 5.41) is 0. The fourth-order valence-electron chi connectivity index (χ4n) is 5.41. The summed E-state index contributed by atoms with van der Waals surface area (Å²) in [5.74, 6) is 0.311. The number of fused-ring (bicyclic) bond motifs is 1. The van der Waals surface area contributed by atoms with Gasteiger partial charge in [0.25, 0.3) is 0 Å². The van der Waals surface area contributed by atoms with Crippen LogP contribution in [0.1, 0.15) is 56.7 Å². The highest BCUT2D eigenvalue weighted by molar-refractivity contribution is 7.89. The Kier molecular flexibility index (Phi) is 7.66. The smallest absolute Gasteiger partial charge is 0.410 e. The van der Waals surface area contributed by atoms with Gasteiger partial charge in [0.05, 0.1) is 11.5 Å². The molecule has 0 N–H and O–H groups in total. The number of nitrogens with zero attached hydrogens (tertiary/aromatic N) is 1. The van der Waals surface area contributed by atoms with Gasteiger partial charge < -0.3 is 14.4 Å². The van der Waals surface area contributed by atoms with Crippen molar-refractivity contribution in [1.82, 2.24) is 4.90 Å². The van der Waals surface area contributed by atoms with Crippen molar-refractivity contribution in [2.45, 2.75) is 69.2 Å². The van der Waals surface area contributed by atoms with E-state index in [1.54, 1.807) is 4.90 Å². The number of amides is 1. The van der Waals surface area contributed by atoms with Gasteiger partial charge in [-0.25, -0.2) is 17.6 Å². The third kappa shape index (κ3) is 6.84. The van der Waals surface area contributed by atoms with Crippen molar-refractivity contribution in [3.63, 3.8) is 0 Å². The highest BCUT2D eigenvalue weighted by Crippen LogP contribution is 2.41. The van der Waals surface area contributed by atoms with Gasteiger partial charge in [0.2, 0.25) is 0 Å². The van der Waals surface area contributed by atoms with Crippen molar-refractivity contribution in [1.29, 1.82) is 0 Å². The maximum absolute atomic E-state index is 13.1. The molecule has 3 aromatic carbocycles. The van der Waals surface area contributed by atoms with Gasteiger partial charge in [-0.1, -0.05) is 42.5 Å². The van der Waals surface area contributed by atoms with Crippen molar-refractivity contribution in [3.05, 3.63) is 89.2 Å². The summed E-state index contributed by atoms with van der Waals surface area (Å²) >= 11 is 0. The van der Waals surface area contributed by atoms with Crippen LogP contribution in [0.15, 0.2) is 66.7 Å². The van der Waals surface area contributed by atoms with Crippen molar-refractivity contribution in [3.8, 4) is 16.9 Å². The molecule has 2 heterocycles. The second kappa shape index (κ2) is 10.9. The van der Waals surface area contributed by atoms with Crippen LogP contribution in [0, 0.1) is 5.82 Å². The topological polar surface area (TPSA) is 72.9 Å². The van der Waals surface area contributed by atoms with Gasteiger partial charge in [-0.15, -0.1) is 0 Å². The Hall–Kier alpha value is -3.39. The minimum atomic E-state index is -3.39. The van der Waals surface area contributed by atoms with Gasteiger partial charge in [0.15, 0.2) is 9.84 Å². The molecule has 8 heteroatoms. The summed E-state index contributed by atoms with van der Waals surface area (Å²) in [6.07, 6.45) is 3.09.